The van der Waals surface area contributed by atoms with Crippen molar-refractivity contribution >= 4 is 33.2 Å². The molecule has 0 spiro atoms. The average Bonchev–Trinajstić information content (AvgIpc) is 2.69. The Morgan fingerprint density at radius 1 is 1.50 bits per heavy atom. The Morgan fingerprint density at radius 3 is 2.50 bits per heavy atom. The fraction of sp³-hybridized carbons (Fsp3) is 0.800. The van der Waals surface area contributed by atoms with Crippen molar-refractivity contribution in [1.29, 1.82) is 0 Å². The van der Waals surface area contributed by atoms with Gasteiger partial charge < -0.3 is 10.5 Å². The van der Waals surface area contributed by atoms with Crippen LogP contribution in [0.25, 0.3) is 0 Å². The first kappa shape index (κ1) is 15.3. The van der Waals surface area contributed by atoms with Gasteiger partial charge >= 0.3 is 5.97 Å². The number of carbonyl (C=O) groups excluding carboxylic acids is 1. The quantitative estimate of drug-likeness (QED) is 0.567. The molecule has 1 rings (SSSR count). The molecule has 0 amide bonds. The number of esters is 1. The van der Waals surface area contributed by atoms with E-state index in [1.807, 2.05) is 6.92 Å². The molecule has 18 heavy (non-hydrogen) atoms. The molecule has 6 nitrogen and oxygen atoms in total. The van der Waals surface area contributed by atoms with E-state index in [0.717, 1.165) is 0 Å². The summed E-state index contributed by atoms with van der Waals surface area (Å²) >= 11 is 4.72. The first-order chi connectivity index (χ1) is 8.21. The number of ether oxygens (including phenoxy) is 1. The number of carbonyl (C=O) groups is 1. The van der Waals surface area contributed by atoms with E-state index in [1.54, 1.807) is 0 Å². The number of hydrogen-bond donors (Lipinski definition) is 1. The Labute approximate surface area is 113 Å². The third-order valence-corrected chi connectivity index (χ3v) is 5.96. The maximum absolute atomic E-state index is 12.2. The van der Waals surface area contributed by atoms with Gasteiger partial charge in [-0.2, -0.15) is 0 Å². The molecular formula is C10H18N2O4S2. The topological polar surface area (TPSA) is 89.7 Å². The molecule has 3 unspecified atom stereocenters. The van der Waals surface area contributed by atoms with Crippen LogP contribution >= 0.6 is 12.2 Å². The van der Waals surface area contributed by atoms with Crippen LogP contribution in [0.2, 0.25) is 0 Å². The van der Waals surface area contributed by atoms with E-state index in [-0.39, 0.29) is 30.0 Å². The number of nitrogens with zero attached hydrogens (tertiary/aromatic N) is 1. The Kier molecular flexibility index (Phi) is 4.68. The van der Waals surface area contributed by atoms with Gasteiger partial charge in [-0.25, -0.2) is 12.7 Å². The van der Waals surface area contributed by atoms with Crippen molar-refractivity contribution in [3.8, 4) is 0 Å². The van der Waals surface area contributed by atoms with Crippen LogP contribution in [0.15, 0.2) is 0 Å². The highest BCUT2D eigenvalue weighted by atomic mass is 32.2. The lowest BCUT2D eigenvalue weighted by molar-refractivity contribution is -0.145. The second kappa shape index (κ2) is 5.50. The summed E-state index contributed by atoms with van der Waals surface area (Å²) in [7, 11) is -2.29. The van der Waals surface area contributed by atoms with E-state index in [1.165, 1.54) is 18.3 Å². The zero-order chi connectivity index (χ0) is 14.1. The van der Waals surface area contributed by atoms with E-state index in [4.69, 9.17) is 18.0 Å². The molecular weight excluding hydrogens is 276 g/mol. The minimum absolute atomic E-state index is 0.0656. The SMILES string of the molecule is COC(=O)C1CN(S(=O)(=O)C(C)C(N)=S)CC1C. The summed E-state index contributed by atoms with van der Waals surface area (Å²) in [5, 5.41) is -0.920. The van der Waals surface area contributed by atoms with Gasteiger partial charge in [0, 0.05) is 13.1 Å². The molecule has 0 radical (unpaired) electrons. The first-order valence-corrected chi connectivity index (χ1v) is 7.49. The highest BCUT2D eigenvalue weighted by Crippen LogP contribution is 2.27. The Hall–Kier alpha value is -0.730. The van der Waals surface area contributed by atoms with E-state index < -0.39 is 21.2 Å². The summed E-state index contributed by atoms with van der Waals surface area (Å²) in [4.78, 5) is 11.4. The highest BCUT2D eigenvalue weighted by molar-refractivity contribution is 7.92. The van der Waals surface area contributed by atoms with Gasteiger partial charge in [0.2, 0.25) is 10.0 Å². The van der Waals surface area contributed by atoms with Crippen molar-refractivity contribution in [3.63, 3.8) is 0 Å². The standard InChI is InChI=1S/C10H18N2O4S2/c1-6-4-12(5-8(6)10(13)16-3)18(14,15)7(2)9(11)17/h6-8H,4-5H2,1-3H3,(H2,11,17). The van der Waals surface area contributed by atoms with Gasteiger partial charge in [0.05, 0.1) is 18.0 Å². The van der Waals surface area contributed by atoms with Gasteiger partial charge in [0.15, 0.2) is 0 Å². The van der Waals surface area contributed by atoms with Crippen molar-refractivity contribution in [2.45, 2.75) is 19.1 Å². The monoisotopic (exact) mass is 294 g/mol. The molecule has 0 bridgehead atoms. The maximum atomic E-state index is 12.2. The second-order valence-corrected chi connectivity index (χ2v) is 7.24. The zero-order valence-corrected chi connectivity index (χ0v) is 12.3. The van der Waals surface area contributed by atoms with Crippen LogP contribution in [-0.4, -0.2) is 49.1 Å². The lowest BCUT2D eigenvalue weighted by atomic mass is 9.99. The average molecular weight is 294 g/mol. The molecule has 104 valence electrons. The van der Waals surface area contributed by atoms with Crippen molar-refractivity contribution in [2.75, 3.05) is 20.2 Å². The fourth-order valence-corrected chi connectivity index (χ4v) is 3.88. The van der Waals surface area contributed by atoms with Crippen LogP contribution in [-0.2, 0) is 19.6 Å². The third kappa shape index (κ3) is 2.81. The van der Waals surface area contributed by atoms with E-state index >= 15 is 0 Å². The molecule has 0 aliphatic carbocycles. The Bertz CT molecular complexity index is 449. The van der Waals surface area contributed by atoms with Crippen LogP contribution in [0.5, 0.6) is 0 Å². The number of hydrogen-bond acceptors (Lipinski definition) is 5. The third-order valence-electron chi connectivity index (χ3n) is 3.29. The van der Waals surface area contributed by atoms with Gasteiger partial charge in [0.25, 0.3) is 0 Å². The molecule has 0 aromatic rings. The van der Waals surface area contributed by atoms with Gasteiger partial charge in [0.1, 0.15) is 5.25 Å². The molecule has 1 aliphatic rings. The minimum atomic E-state index is -3.59. The normalized spacial score (nSPS) is 26.8. The largest absolute Gasteiger partial charge is 0.469 e. The summed E-state index contributed by atoms with van der Waals surface area (Å²) in [5.74, 6) is -0.891. The van der Waals surface area contributed by atoms with Crippen molar-refractivity contribution in [1.82, 2.24) is 4.31 Å². The van der Waals surface area contributed by atoms with Crippen LogP contribution in [0, 0.1) is 11.8 Å². The number of thiocarbonyl (C=S) groups is 1. The fourth-order valence-electron chi connectivity index (χ4n) is 1.96. The van der Waals surface area contributed by atoms with Crippen molar-refractivity contribution in [2.24, 2.45) is 17.6 Å². The molecule has 1 heterocycles. The smallest absolute Gasteiger partial charge is 0.310 e. The molecule has 0 aromatic carbocycles. The molecule has 1 saturated heterocycles. The van der Waals surface area contributed by atoms with Gasteiger partial charge in [-0.05, 0) is 12.8 Å². The predicted octanol–water partition coefficient (Wildman–Crippen LogP) is -0.268. The van der Waals surface area contributed by atoms with E-state index in [0.29, 0.717) is 0 Å². The zero-order valence-electron chi connectivity index (χ0n) is 10.6. The summed E-state index contributed by atoms with van der Waals surface area (Å²) in [6.07, 6.45) is 0. The second-order valence-electron chi connectivity index (χ2n) is 4.51. The number of rotatable bonds is 4. The number of methoxy groups -OCH3 is 1. The molecule has 0 saturated carbocycles. The Balaban J connectivity index is 2.89. The first-order valence-electron chi connectivity index (χ1n) is 5.58. The maximum Gasteiger partial charge on any atom is 0.310 e. The lowest BCUT2D eigenvalue weighted by Crippen LogP contribution is -2.42. The number of sulfonamides is 1. The molecule has 1 fully saturated rings. The molecule has 2 N–H and O–H groups in total. The van der Waals surface area contributed by atoms with Crippen LogP contribution < -0.4 is 5.73 Å². The molecule has 3 atom stereocenters. The molecule has 8 heteroatoms. The highest BCUT2D eigenvalue weighted by Gasteiger charge is 2.42. The molecule has 1 aliphatic heterocycles. The lowest BCUT2D eigenvalue weighted by Gasteiger charge is -2.20. The van der Waals surface area contributed by atoms with Crippen LogP contribution in [0.1, 0.15) is 13.8 Å². The summed E-state index contributed by atoms with van der Waals surface area (Å²) < 4.78 is 30.3. The van der Waals surface area contributed by atoms with Gasteiger partial charge in [-0.15, -0.1) is 0 Å². The minimum Gasteiger partial charge on any atom is -0.469 e. The predicted molar refractivity (Wildman–Crippen MR) is 71.4 cm³/mol. The van der Waals surface area contributed by atoms with Crippen molar-refractivity contribution in [3.05, 3.63) is 0 Å². The summed E-state index contributed by atoms with van der Waals surface area (Å²) in [5.41, 5.74) is 5.38. The van der Waals surface area contributed by atoms with Crippen LogP contribution in [0.3, 0.4) is 0 Å². The van der Waals surface area contributed by atoms with Crippen LogP contribution in [0.4, 0.5) is 0 Å². The summed E-state index contributed by atoms with van der Waals surface area (Å²) in [6, 6.07) is 0. The van der Waals surface area contributed by atoms with Gasteiger partial charge in [-0.1, -0.05) is 19.1 Å². The number of nitrogens with two attached hydrogens (primary N) is 1. The van der Waals surface area contributed by atoms with Crippen molar-refractivity contribution < 1.29 is 17.9 Å². The Morgan fingerprint density at radius 2 is 2.06 bits per heavy atom. The van der Waals surface area contributed by atoms with Gasteiger partial charge in [-0.3, -0.25) is 4.79 Å². The van der Waals surface area contributed by atoms with E-state index in [9.17, 15) is 13.2 Å². The molecule has 0 aromatic heterocycles. The van der Waals surface area contributed by atoms with E-state index in [2.05, 4.69) is 4.74 Å². The summed E-state index contributed by atoms with van der Waals surface area (Å²) in [6.45, 7) is 3.69.